The van der Waals surface area contributed by atoms with Gasteiger partial charge in [-0.2, -0.15) is 0 Å². The Hall–Kier alpha value is -1.55. The number of nitrogens with zero attached hydrogens (tertiary/aromatic N) is 1. The zero-order valence-electron chi connectivity index (χ0n) is 10.1. The number of hydrogen-bond acceptors (Lipinski definition) is 3. The van der Waals surface area contributed by atoms with E-state index in [-0.39, 0.29) is 11.8 Å². The van der Waals surface area contributed by atoms with Gasteiger partial charge >= 0.3 is 0 Å². The molecule has 96 valence electrons. The van der Waals surface area contributed by atoms with E-state index in [2.05, 4.69) is 0 Å². The molecular weight excluding hydrogens is 254 g/mol. The minimum Gasteiger partial charge on any atom is -0.491 e. The molecule has 1 aromatic rings. The van der Waals surface area contributed by atoms with Crippen LogP contribution in [0.5, 0.6) is 5.75 Å². The third-order valence-corrected chi connectivity index (χ3v) is 3.10. The van der Waals surface area contributed by atoms with E-state index in [4.69, 9.17) is 16.3 Å². The fourth-order valence-corrected chi connectivity index (χ4v) is 2.12. The van der Waals surface area contributed by atoms with Gasteiger partial charge in [0.15, 0.2) is 0 Å². The van der Waals surface area contributed by atoms with Crippen molar-refractivity contribution in [3.05, 3.63) is 28.8 Å². The first kappa shape index (κ1) is 12.9. The highest BCUT2D eigenvalue weighted by atomic mass is 35.5. The highest BCUT2D eigenvalue weighted by Crippen LogP contribution is 2.21. The van der Waals surface area contributed by atoms with E-state index >= 15 is 0 Å². The summed E-state index contributed by atoms with van der Waals surface area (Å²) in [7, 11) is 0. The van der Waals surface area contributed by atoms with E-state index in [1.54, 1.807) is 12.1 Å². The molecule has 1 fully saturated rings. The molecule has 1 aliphatic rings. The number of halogens is 1. The van der Waals surface area contributed by atoms with Crippen LogP contribution in [0.4, 0.5) is 0 Å². The molecule has 0 radical (unpaired) electrons. The Morgan fingerprint density at radius 2 is 1.94 bits per heavy atom. The number of amides is 2. The Kier molecular flexibility index (Phi) is 3.87. The standard InChI is InChI=1S/C13H14ClNO3/c1-9-8-10(14)2-3-11(9)18-7-6-15-12(16)4-5-13(15)17/h2-3,8H,4-7H2,1H3. The topological polar surface area (TPSA) is 46.6 Å². The van der Waals surface area contributed by atoms with Crippen LogP contribution in [0.1, 0.15) is 18.4 Å². The highest BCUT2D eigenvalue weighted by Gasteiger charge is 2.28. The lowest BCUT2D eigenvalue weighted by atomic mass is 10.2. The van der Waals surface area contributed by atoms with Crippen LogP contribution in [0.3, 0.4) is 0 Å². The molecule has 0 bridgehead atoms. The van der Waals surface area contributed by atoms with Crippen molar-refractivity contribution in [1.82, 2.24) is 4.90 Å². The summed E-state index contributed by atoms with van der Waals surface area (Å²) in [6.07, 6.45) is 0.637. The largest absolute Gasteiger partial charge is 0.491 e. The Labute approximate surface area is 110 Å². The van der Waals surface area contributed by atoms with Gasteiger partial charge in [0, 0.05) is 17.9 Å². The van der Waals surface area contributed by atoms with Crippen molar-refractivity contribution >= 4 is 23.4 Å². The second-order valence-corrected chi connectivity index (χ2v) is 4.63. The van der Waals surface area contributed by atoms with Crippen molar-refractivity contribution in [2.75, 3.05) is 13.2 Å². The molecule has 0 spiro atoms. The van der Waals surface area contributed by atoms with Crippen molar-refractivity contribution in [3.63, 3.8) is 0 Å². The maximum Gasteiger partial charge on any atom is 0.229 e. The maximum atomic E-state index is 11.4. The first-order valence-electron chi connectivity index (χ1n) is 5.80. The maximum absolute atomic E-state index is 11.4. The summed E-state index contributed by atoms with van der Waals surface area (Å²) in [5.41, 5.74) is 0.932. The number of hydrogen-bond donors (Lipinski definition) is 0. The van der Waals surface area contributed by atoms with Crippen LogP contribution in [0.15, 0.2) is 18.2 Å². The average molecular weight is 268 g/mol. The summed E-state index contributed by atoms with van der Waals surface area (Å²) in [4.78, 5) is 24.0. The van der Waals surface area contributed by atoms with Gasteiger partial charge in [-0.15, -0.1) is 0 Å². The van der Waals surface area contributed by atoms with E-state index < -0.39 is 0 Å². The van der Waals surface area contributed by atoms with Gasteiger partial charge in [0.25, 0.3) is 0 Å². The number of ether oxygens (including phenoxy) is 1. The van der Waals surface area contributed by atoms with Crippen molar-refractivity contribution < 1.29 is 14.3 Å². The summed E-state index contributed by atoms with van der Waals surface area (Å²) in [5.74, 6) is 0.492. The number of carbonyl (C=O) groups excluding carboxylic acids is 2. The van der Waals surface area contributed by atoms with E-state index in [9.17, 15) is 9.59 Å². The van der Waals surface area contributed by atoms with Crippen molar-refractivity contribution in [3.8, 4) is 5.75 Å². The lowest BCUT2D eigenvalue weighted by Crippen LogP contribution is -2.33. The third-order valence-electron chi connectivity index (χ3n) is 2.86. The Morgan fingerprint density at radius 1 is 1.28 bits per heavy atom. The Morgan fingerprint density at radius 3 is 2.56 bits per heavy atom. The number of aryl methyl sites for hydroxylation is 1. The summed E-state index contributed by atoms with van der Waals surface area (Å²) < 4.78 is 5.55. The molecular formula is C13H14ClNO3. The molecule has 2 amide bonds. The normalized spacial score (nSPS) is 15.3. The van der Waals surface area contributed by atoms with Gasteiger partial charge in [0.05, 0.1) is 6.54 Å². The first-order chi connectivity index (χ1) is 8.58. The molecule has 1 aromatic carbocycles. The summed E-state index contributed by atoms with van der Waals surface area (Å²) in [5, 5.41) is 0.657. The van der Waals surface area contributed by atoms with Gasteiger partial charge in [-0.3, -0.25) is 14.5 Å². The van der Waals surface area contributed by atoms with Crippen LogP contribution in [0.25, 0.3) is 0 Å². The Bertz CT molecular complexity index is 471. The van der Waals surface area contributed by atoms with Gasteiger partial charge in [-0.05, 0) is 30.7 Å². The van der Waals surface area contributed by atoms with Crippen LogP contribution in [0, 0.1) is 6.92 Å². The van der Waals surface area contributed by atoms with Crippen molar-refractivity contribution in [2.45, 2.75) is 19.8 Å². The minimum absolute atomic E-state index is 0.114. The van der Waals surface area contributed by atoms with Crippen LogP contribution in [-0.2, 0) is 9.59 Å². The van der Waals surface area contributed by atoms with Gasteiger partial charge in [0.1, 0.15) is 12.4 Å². The van der Waals surface area contributed by atoms with E-state index in [0.29, 0.717) is 31.0 Å². The molecule has 2 rings (SSSR count). The SMILES string of the molecule is Cc1cc(Cl)ccc1OCCN1C(=O)CCC1=O. The Balaban J connectivity index is 1.88. The minimum atomic E-state index is -0.114. The van der Waals surface area contributed by atoms with E-state index in [1.165, 1.54) is 4.90 Å². The predicted octanol–water partition coefficient (Wildman–Crippen LogP) is 2.18. The lowest BCUT2D eigenvalue weighted by molar-refractivity contribution is -0.138. The summed E-state index contributed by atoms with van der Waals surface area (Å²) >= 11 is 5.84. The van der Waals surface area contributed by atoms with Crippen LogP contribution in [-0.4, -0.2) is 29.9 Å². The summed E-state index contributed by atoms with van der Waals surface area (Å²) in [6.45, 7) is 2.51. The molecule has 1 aliphatic heterocycles. The van der Waals surface area contributed by atoms with Crippen LogP contribution < -0.4 is 4.74 Å². The molecule has 5 heteroatoms. The molecule has 1 heterocycles. The molecule has 0 N–H and O–H groups in total. The molecule has 0 saturated carbocycles. The first-order valence-corrected chi connectivity index (χ1v) is 6.18. The van der Waals surface area contributed by atoms with Crippen LogP contribution >= 0.6 is 11.6 Å². The molecule has 4 nitrogen and oxygen atoms in total. The zero-order valence-corrected chi connectivity index (χ0v) is 10.9. The molecule has 1 saturated heterocycles. The number of benzene rings is 1. The van der Waals surface area contributed by atoms with Gasteiger partial charge in [0.2, 0.25) is 11.8 Å². The van der Waals surface area contributed by atoms with Crippen molar-refractivity contribution in [1.29, 1.82) is 0 Å². The van der Waals surface area contributed by atoms with E-state index in [1.807, 2.05) is 13.0 Å². The fraction of sp³-hybridized carbons (Fsp3) is 0.385. The second-order valence-electron chi connectivity index (χ2n) is 4.20. The molecule has 0 aromatic heterocycles. The molecule has 0 atom stereocenters. The van der Waals surface area contributed by atoms with Crippen LogP contribution in [0.2, 0.25) is 5.02 Å². The molecule has 18 heavy (non-hydrogen) atoms. The number of carbonyl (C=O) groups is 2. The number of imide groups is 1. The lowest BCUT2D eigenvalue weighted by Gasteiger charge is -2.15. The van der Waals surface area contributed by atoms with Gasteiger partial charge in [-0.25, -0.2) is 0 Å². The summed E-state index contributed by atoms with van der Waals surface area (Å²) in [6, 6.07) is 5.34. The monoisotopic (exact) mass is 267 g/mol. The molecule has 0 unspecified atom stereocenters. The second kappa shape index (κ2) is 5.40. The highest BCUT2D eigenvalue weighted by molar-refractivity contribution is 6.30. The average Bonchev–Trinajstić information content (AvgIpc) is 2.63. The quantitative estimate of drug-likeness (QED) is 0.786. The van der Waals surface area contributed by atoms with Gasteiger partial charge < -0.3 is 4.74 Å². The zero-order chi connectivity index (χ0) is 13.1. The number of likely N-dealkylation sites (tertiary alicyclic amines) is 1. The van der Waals surface area contributed by atoms with E-state index in [0.717, 1.165) is 11.3 Å². The predicted molar refractivity (Wildman–Crippen MR) is 67.6 cm³/mol. The van der Waals surface area contributed by atoms with Crippen molar-refractivity contribution in [2.24, 2.45) is 0 Å². The third kappa shape index (κ3) is 2.82. The smallest absolute Gasteiger partial charge is 0.229 e. The fourth-order valence-electron chi connectivity index (χ4n) is 1.89. The number of rotatable bonds is 4. The molecule has 0 aliphatic carbocycles. The van der Waals surface area contributed by atoms with Gasteiger partial charge in [-0.1, -0.05) is 11.6 Å².